The van der Waals surface area contributed by atoms with Gasteiger partial charge in [-0.05, 0) is 42.3 Å². The van der Waals surface area contributed by atoms with Crippen molar-refractivity contribution < 1.29 is 18.6 Å². The summed E-state index contributed by atoms with van der Waals surface area (Å²) < 4.78 is 23.2. The highest BCUT2D eigenvalue weighted by Gasteiger charge is 2.36. The van der Waals surface area contributed by atoms with Gasteiger partial charge >= 0.3 is 5.63 Å². The van der Waals surface area contributed by atoms with E-state index in [4.69, 9.17) is 24.4 Å². The molecule has 3 aromatic carbocycles. The first-order valence-corrected chi connectivity index (χ1v) is 11.2. The Morgan fingerprint density at radius 3 is 2.54 bits per heavy atom. The molecule has 0 spiro atoms. The summed E-state index contributed by atoms with van der Waals surface area (Å²) in [5, 5.41) is 10.5. The van der Waals surface area contributed by atoms with Gasteiger partial charge in [0, 0.05) is 0 Å². The molecular weight excluding hydrogens is 444 g/mol. The van der Waals surface area contributed by atoms with Crippen LogP contribution in [0.5, 0.6) is 17.2 Å². The maximum atomic E-state index is 13.1. The van der Waals surface area contributed by atoms with Gasteiger partial charge in [-0.2, -0.15) is 5.26 Å². The third-order valence-electron chi connectivity index (χ3n) is 5.81. The molecule has 7 nitrogen and oxygen atoms in total. The maximum absolute atomic E-state index is 13.1. The van der Waals surface area contributed by atoms with E-state index in [1.54, 1.807) is 36.4 Å². The molecule has 0 aliphatic carbocycles. The molecule has 2 N–H and O–H groups in total. The van der Waals surface area contributed by atoms with Crippen molar-refractivity contribution in [1.29, 1.82) is 5.26 Å². The van der Waals surface area contributed by atoms with E-state index in [2.05, 4.69) is 6.07 Å². The fourth-order valence-corrected chi connectivity index (χ4v) is 4.23. The van der Waals surface area contributed by atoms with Crippen molar-refractivity contribution in [2.75, 3.05) is 6.61 Å². The van der Waals surface area contributed by atoms with Crippen molar-refractivity contribution in [2.24, 2.45) is 5.73 Å². The standard InChI is InChI=1S/C28H22N2O5/c1-2-32-23-14-18(12-13-22(23)33-16-17-8-4-3-5-9-17)24-20(15-29)27(30)35-26-19-10-6-7-11-21(19)34-28(31)25(24)26/h3-14,24H,2,16,30H2,1H3. The van der Waals surface area contributed by atoms with Crippen molar-refractivity contribution in [3.63, 3.8) is 0 Å². The SMILES string of the molecule is CCOc1cc(C2C(C#N)=C(N)Oc3c2c(=O)oc2ccccc32)ccc1OCc1ccccc1. The largest absolute Gasteiger partial charge is 0.490 e. The van der Waals surface area contributed by atoms with E-state index in [0.717, 1.165) is 5.56 Å². The number of para-hydroxylation sites is 1. The van der Waals surface area contributed by atoms with Crippen molar-refractivity contribution in [3.05, 3.63) is 111 Å². The zero-order valence-corrected chi connectivity index (χ0v) is 19.0. The zero-order chi connectivity index (χ0) is 24.4. The van der Waals surface area contributed by atoms with Crippen LogP contribution in [0.4, 0.5) is 0 Å². The fourth-order valence-electron chi connectivity index (χ4n) is 4.23. The lowest BCUT2D eigenvalue weighted by Gasteiger charge is -2.26. The smallest absolute Gasteiger partial charge is 0.344 e. The number of nitriles is 1. The number of hydrogen-bond acceptors (Lipinski definition) is 7. The second-order valence-electron chi connectivity index (χ2n) is 7.97. The molecule has 1 atom stereocenters. The molecule has 4 aromatic rings. The minimum atomic E-state index is -0.785. The second kappa shape index (κ2) is 9.27. The summed E-state index contributed by atoms with van der Waals surface area (Å²) in [4.78, 5) is 13.1. The number of hydrogen-bond donors (Lipinski definition) is 1. The Hall–Kier alpha value is -4.70. The van der Waals surface area contributed by atoms with Crippen LogP contribution in [0.15, 0.2) is 93.5 Å². The van der Waals surface area contributed by atoms with Gasteiger partial charge in [-0.3, -0.25) is 0 Å². The van der Waals surface area contributed by atoms with Gasteiger partial charge in [-0.25, -0.2) is 4.79 Å². The first kappa shape index (κ1) is 22.1. The van der Waals surface area contributed by atoms with Gasteiger partial charge in [0.15, 0.2) is 17.2 Å². The van der Waals surface area contributed by atoms with E-state index in [0.29, 0.717) is 47.0 Å². The Bertz CT molecular complexity index is 1530. The topological polar surface area (TPSA) is 108 Å². The van der Waals surface area contributed by atoms with Crippen LogP contribution in [0.3, 0.4) is 0 Å². The lowest BCUT2D eigenvalue weighted by molar-refractivity contribution is 0.269. The van der Waals surface area contributed by atoms with Crippen molar-refractivity contribution in [2.45, 2.75) is 19.4 Å². The van der Waals surface area contributed by atoms with Crippen molar-refractivity contribution in [1.82, 2.24) is 0 Å². The Balaban J connectivity index is 1.62. The summed E-state index contributed by atoms with van der Waals surface area (Å²) in [7, 11) is 0. The van der Waals surface area contributed by atoms with Crippen LogP contribution in [-0.4, -0.2) is 6.61 Å². The lowest BCUT2D eigenvalue weighted by atomic mass is 9.83. The normalized spacial score (nSPS) is 14.7. The molecule has 7 heteroatoms. The predicted octanol–water partition coefficient (Wildman–Crippen LogP) is 4.99. The number of nitrogens with two attached hydrogens (primary N) is 1. The molecule has 0 amide bonds. The molecular formula is C28H22N2O5. The van der Waals surface area contributed by atoms with Crippen LogP contribution in [0.25, 0.3) is 11.0 Å². The molecule has 1 aliphatic heterocycles. The minimum absolute atomic E-state index is 0.0527. The van der Waals surface area contributed by atoms with Gasteiger partial charge in [0.05, 0.1) is 23.5 Å². The van der Waals surface area contributed by atoms with Crippen LogP contribution in [0.1, 0.15) is 29.5 Å². The summed E-state index contributed by atoms with van der Waals surface area (Å²) in [6, 6.07) is 24.3. The highest BCUT2D eigenvalue weighted by molar-refractivity contribution is 5.86. The molecule has 1 aliphatic rings. The molecule has 174 valence electrons. The third kappa shape index (κ3) is 4.06. The average Bonchev–Trinajstić information content (AvgIpc) is 2.88. The van der Waals surface area contributed by atoms with Gasteiger partial charge in [-0.15, -0.1) is 0 Å². The van der Waals surface area contributed by atoms with E-state index in [9.17, 15) is 10.1 Å². The van der Waals surface area contributed by atoms with Gasteiger partial charge in [0.1, 0.15) is 23.8 Å². The van der Waals surface area contributed by atoms with Crippen molar-refractivity contribution in [3.8, 4) is 23.3 Å². The van der Waals surface area contributed by atoms with Crippen LogP contribution >= 0.6 is 0 Å². The Labute approximate surface area is 201 Å². The highest BCUT2D eigenvalue weighted by Crippen LogP contribution is 2.45. The van der Waals surface area contributed by atoms with Gasteiger partial charge in [0.2, 0.25) is 5.88 Å². The molecule has 0 saturated carbocycles. The molecule has 0 bridgehead atoms. The third-order valence-corrected chi connectivity index (χ3v) is 5.81. The minimum Gasteiger partial charge on any atom is -0.490 e. The predicted molar refractivity (Wildman–Crippen MR) is 130 cm³/mol. The zero-order valence-electron chi connectivity index (χ0n) is 19.0. The number of nitrogens with zero attached hydrogens (tertiary/aromatic N) is 1. The average molecular weight is 466 g/mol. The molecule has 1 unspecified atom stereocenters. The number of benzene rings is 3. The van der Waals surface area contributed by atoms with E-state index in [1.165, 1.54) is 0 Å². The summed E-state index contributed by atoms with van der Waals surface area (Å²) in [5.41, 5.74) is 7.94. The Morgan fingerprint density at radius 2 is 1.77 bits per heavy atom. The first-order chi connectivity index (χ1) is 17.1. The highest BCUT2D eigenvalue weighted by atomic mass is 16.5. The van der Waals surface area contributed by atoms with Crippen molar-refractivity contribution >= 4 is 11.0 Å². The van der Waals surface area contributed by atoms with Crippen LogP contribution in [0, 0.1) is 11.3 Å². The van der Waals surface area contributed by atoms with E-state index < -0.39 is 11.5 Å². The molecule has 5 rings (SSSR count). The molecule has 0 fully saturated rings. The summed E-state index contributed by atoms with van der Waals surface area (Å²) in [6.45, 7) is 2.65. The number of rotatable bonds is 6. The van der Waals surface area contributed by atoms with E-state index >= 15 is 0 Å². The van der Waals surface area contributed by atoms with E-state index in [-0.39, 0.29) is 17.0 Å². The lowest BCUT2D eigenvalue weighted by Crippen LogP contribution is -2.26. The van der Waals surface area contributed by atoms with Gasteiger partial charge in [0.25, 0.3) is 0 Å². The first-order valence-electron chi connectivity index (χ1n) is 11.2. The van der Waals surface area contributed by atoms with Crippen LogP contribution < -0.4 is 25.6 Å². The number of ether oxygens (including phenoxy) is 3. The van der Waals surface area contributed by atoms with Crippen LogP contribution in [-0.2, 0) is 6.61 Å². The van der Waals surface area contributed by atoms with Crippen LogP contribution in [0.2, 0.25) is 0 Å². The summed E-state index contributed by atoms with van der Waals surface area (Å²) in [6.07, 6.45) is 0. The van der Waals surface area contributed by atoms with E-state index in [1.807, 2.05) is 43.3 Å². The molecule has 1 aromatic heterocycles. The molecule has 0 saturated heterocycles. The number of allylic oxidation sites excluding steroid dienone is 1. The second-order valence-corrected chi connectivity index (χ2v) is 7.97. The number of fused-ring (bicyclic) bond motifs is 3. The Morgan fingerprint density at radius 1 is 1.00 bits per heavy atom. The fraction of sp³-hybridized carbons (Fsp3) is 0.143. The quantitative estimate of drug-likeness (QED) is 0.399. The summed E-state index contributed by atoms with van der Waals surface area (Å²) in [5.74, 6) is 0.499. The van der Waals surface area contributed by atoms with Gasteiger partial charge < -0.3 is 24.4 Å². The molecule has 0 radical (unpaired) electrons. The molecule has 35 heavy (non-hydrogen) atoms. The summed E-state index contributed by atoms with van der Waals surface area (Å²) >= 11 is 0. The molecule has 2 heterocycles. The monoisotopic (exact) mass is 466 g/mol. The van der Waals surface area contributed by atoms with Gasteiger partial charge in [-0.1, -0.05) is 48.5 Å². The maximum Gasteiger partial charge on any atom is 0.344 e. The Kier molecular flexibility index (Phi) is 5.86.